The number of halogens is 3. The van der Waals surface area contributed by atoms with E-state index in [-0.39, 0.29) is 12.3 Å². The molecule has 0 spiro atoms. The first-order valence-corrected chi connectivity index (χ1v) is 12.2. The second-order valence-electron chi connectivity index (χ2n) is 10.6. The van der Waals surface area contributed by atoms with Crippen LogP contribution in [0, 0.1) is 40.1 Å². The summed E-state index contributed by atoms with van der Waals surface area (Å²) < 4.78 is 68.4. The highest BCUT2D eigenvalue weighted by Gasteiger charge is 2.60. The summed E-state index contributed by atoms with van der Waals surface area (Å²) in [6, 6.07) is 1.13. The zero-order chi connectivity index (χ0) is 23.7. The van der Waals surface area contributed by atoms with Gasteiger partial charge in [0.15, 0.2) is 23.2 Å². The smallest absolute Gasteiger partial charge is 0.244 e. The number of ketones is 1. The second kappa shape index (κ2) is 7.28. The van der Waals surface area contributed by atoms with E-state index in [2.05, 4.69) is 4.72 Å². The first-order chi connectivity index (χ1) is 14.7. The van der Waals surface area contributed by atoms with Crippen LogP contribution in [0.1, 0.15) is 58.8 Å². The van der Waals surface area contributed by atoms with E-state index in [4.69, 9.17) is 5.73 Å². The Morgan fingerprint density at radius 3 is 2.25 bits per heavy atom. The molecule has 4 aliphatic rings. The van der Waals surface area contributed by atoms with Crippen LogP contribution in [0.2, 0.25) is 0 Å². The van der Waals surface area contributed by atoms with Crippen LogP contribution in [0.3, 0.4) is 0 Å². The molecule has 2 atom stereocenters. The van der Waals surface area contributed by atoms with Crippen molar-refractivity contribution in [1.82, 2.24) is 4.72 Å². The molecule has 0 heterocycles. The van der Waals surface area contributed by atoms with Crippen molar-refractivity contribution in [2.75, 3.05) is 0 Å². The Balaban J connectivity index is 1.56. The number of hydrogen-bond acceptors (Lipinski definition) is 4. The van der Waals surface area contributed by atoms with E-state index in [1.807, 2.05) is 0 Å². The van der Waals surface area contributed by atoms with Crippen molar-refractivity contribution in [3.05, 3.63) is 29.6 Å². The lowest BCUT2D eigenvalue weighted by Crippen LogP contribution is -2.58. The van der Waals surface area contributed by atoms with Crippen LogP contribution < -0.4 is 10.5 Å². The van der Waals surface area contributed by atoms with Gasteiger partial charge in [0.1, 0.15) is 4.90 Å². The summed E-state index contributed by atoms with van der Waals surface area (Å²) >= 11 is 0. The molecule has 10 heteroatoms. The second-order valence-corrected chi connectivity index (χ2v) is 12.3. The number of carbonyl (C=O) groups excluding carboxylic acids is 2. The van der Waals surface area contributed by atoms with Gasteiger partial charge in [-0.3, -0.25) is 9.59 Å². The van der Waals surface area contributed by atoms with Crippen molar-refractivity contribution in [2.24, 2.45) is 28.4 Å². The molecular weight excluding hydrogens is 445 g/mol. The van der Waals surface area contributed by atoms with Gasteiger partial charge < -0.3 is 5.73 Å². The third kappa shape index (κ3) is 3.75. The summed E-state index contributed by atoms with van der Waals surface area (Å²) in [5.74, 6) is -5.38. The van der Waals surface area contributed by atoms with Gasteiger partial charge in [0.25, 0.3) is 0 Å². The first kappa shape index (κ1) is 23.2. The van der Waals surface area contributed by atoms with Gasteiger partial charge in [-0.2, -0.15) is 4.72 Å². The SMILES string of the molecule is CC(C)(NS(=O)(=O)c1ccc(F)c(F)c1F)C(=O)CC12CC3CC(C1)CC(C(N)=O)(C3)C2. The molecule has 1 amide bonds. The molecule has 6 nitrogen and oxygen atoms in total. The van der Waals surface area contributed by atoms with Crippen LogP contribution in [-0.2, 0) is 19.6 Å². The topological polar surface area (TPSA) is 106 Å². The van der Waals surface area contributed by atoms with Gasteiger partial charge in [-0.25, -0.2) is 21.6 Å². The molecule has 4 saturated carbocycles. The predicted molar refractivity (Wildman–Crippen MR) is 109 cm³/mol. The largest absolute Gasteiger partial charge is 0.369 e. The summed E-state index contributed by atoms with van der Waals surface area (Å²) in [6.07, 6.45) is 4.62. The molecule has 4 aliphatic carbocycles. The van der Waals surface area contributed by atoms with Crippen LogP contribution in [0.25, 0.3) is 0 Å². The van der Waals surface area contributed by atoms with Crippen molar-refractivity contribution in [2.45, 2.75) is 69.2 Å². The zero-order valence-electron chi connectivity index (χ0n) is 18.0. The Bertz CT molecular complexity index is 1090. The maximum Gasteiger partial charge on any atom is 0.244 e. The molecule has 0 radical (unpaired) electrons. The number of nitrogens with one attached hydrogen (secondary N) is 1. The Morgan fingerprint density at radius 2 is 1.69 bits per heavy atom. The molecule has 176 valence electrons. The van der Waals surface area contributed by atoms with Crippen LogP contribution >= 0.6 is 0 Å². The zero-order valence-corrected chi connectivity index (χ0v) is 18.8. The summed E-state index contributed by atoms with van der Waals surface area (Å²) in [4.78, 5) is 24.5. The number of hydrogen-bond donors (Lipinski definition) is 2. The monoisotopic (exact) mass is 472 g/mol. The molecule has 0 aliphatic heterocycles. The number of nitrogens with two attached hydrogens (primary N) is 1. The van der Waals surface area contributed by atoms with E-state index in [0.717, 1.165) is 32.1 Å². The maximum absolute atomic E-state index is 14.1. The summed E-state index contributed by atoms with van der Waals surface area (Å²) in [5, 5.41) is 0. The van der Waals surface area contributed by atoms with Gasteiger partial charge in [-0.1, -0.05) is 0 Å². The number of carbonyl (C=O) groups is 2. The normalized spacial score (nSPS) is 31.7. The van der Waals surface area contributed by atoms with Crippen molar-refractivity contribution >= 4 is 21.7 Å². The van der Waals surface area contributed by atoms with Crippen LogP contribution in [0.15, 0.2) is 17.0 Å². The van der Waals surface area contributed by atoms with Gasteiger partial charge in [0, 0.05) is 6.42 Å². The lowest BCUT2D eigenvalue weighted by Gasteiger charge is -2.61. The fraction of sp³-hybridized carbons (Fsp3) is 0.636. The van der Waals surface area contributed by atoms with Crippen LogP contribution in [-0.4, -0.2) is 25.6 Å². The Kier molecular flexibility index (Phi) is 5.28. The van der Waals surface area contributed by atoms with Crippen molar-refractivity contribution in [3.8, 4) is 0 Å². The van der Waals surface area contributed by atoms with E-state index in [1.54, 1.807) is 0 Å². The summed E-state index contributed by atoms with van der Waals surface area (Å²) in [6.45, 7) is 2.71. The number of rotatable bonds is 7. The number of benzene rings is 1. The highest BCUT2D eigenvalue weighted by molar-refractivity contribution is 7.89. The summed E-state index contributed by atoms with van der Waals surface area (Å²) in [5.41, 5.74) is 3.08. The number of amides is 1. The quantitative estimate of drug-likeness (QED) is 0.595. The maximum atomic E-state index is 14.1. The molecule has 4 fully saturated rings. The van der Waals surface area contributed by atoms with Gasteiger partial charge in [0.05, 0.1) is 11.0 Å². The fourth-order valence-corrected chi connectivity index (χ4v) is 8.14. The van der Waals surface area contributed by atoms with Gasteiger partial charge in [-0.05, 0) is 81.8 Å². The highest BCUT2D eigenvalue weighted by atomic mass is 32.2. The Morgan fingerprint density at radius 1 is 1.09 bits per heavy atom. The minimum Gasteiger partial charge on any atom is -0.369 e. The van der Waals surface area contributed by atoms with E-state index >= 15 is 0 Å². The van der Waals surface area contributed by atoms with E-state index in [0.29, 0.717) is 30.4 Å². The minimum absolute atomic E-state index is 0.0603. The molecule has 1 aromatic carbocycles. The third-order valence-corrected chi connectivity index (χ3v) is 9.29. The molecule has 3 N–H and O–H groups in total. The Hall–Kier alpha value is -1.94. The molecule has 5 rings (SSSR count). The standard InChI is InChI=1S/C22H27F3N2O4S/c1-20(2,27-32(30,31)15-4-3-14(23)17(24)18(15)25)16(28)10-21-6-12-5-13(7-21)9-22(8-12,11-21)19(26)29/h3-4,12-13,27H,5-11H2,1-2H3,(H2,26,29). The van der Waals surface area contributed by atoms with Crippen molar-refractivity contribution < 1.29 is 31.2 Å². The molecule has 2 unspecified atom stereocenters. The molecule has 4 bridgehead atoms. The van der Waals surface area contributed by atoms with Gasteiger partial charge in [0.2, 0.25) is 15.9 Å². The van der Waals surface area contributed by atoms with Gasteiger partial charge >= 0.3 is 0 Å². The molecule has 0 aromatic heterocycles. The molecule has 0 saturated heterocycles. The lowest BCUT2D eigenvalue weighted by molar-refractivity contribution is -0.158. The highest BCUT2D eigenvalue weighted by Crippen LogP contribution is 2.66. The molecule has 1 aromatic rings. The van der Waals surface area contributed by atoms with Crippen molar-refractivity contribution in [3.63, 3.8) is 0 Å². The van der Waals surface area contributed by atoms with Crippen LogP contribution in [0.4, 0.5) is 13.2 Å². The summed E-state index contributed by atoms with van der Waals surface area (Å²) in [7, 11) is -4.65. The average molecular weight is 473 g/mol. The first-order valence-electron chi connectivity index (χ1n) is 10.7. The predicted octanol–water partition coefficient (Wildman–Crippen LogP) is 3.19. The van der Waals surface area contributed by atoms with E-state index < -0.39 is 54.5 Å². The molecule has 32 heavy (non-hydrogen) atoms. The van der Waals surface area contributed by atoms with E-state index in [9.17, 15) is 31.2 Å². The third-order valence-electron chi connectivity index (χ3n) is 7.62. The number of sulfonamides is 1. The van der Waals surface area contributed by atoms with Crippen LogP contribution in [0.5, 0.6) is 0 Å². The average Bonchev–Trinajstić information content (AvgIpc) is 2.63. The van der Waals surface area contributed by atoms with Gasteiger partial charge in [-0.15, -0.1) is 0 Å². The number of Topliss-reactive ketones (excluding diaryl/α,β-unsaturated/α-hetero) is 1. The van der Waals surface area contributed by atoms with Crippen molar-refractivity contribution in [1.29, 1.82) is 0 Å². The van der Waals surface area contributed by atoms with E-state index in [1.165, 1.54) is 13.8 Å². The minimum atomic E-state index is -4.65. The number of primary amides is 1. The Labute approximate surface area is 185 Å². The lowest BCUT2D eigenvalue weighted by atomic mass is 9.43. The molecular formula is C22H27F3N2O4S. The fourth-order valence-electron chi connectivity index (χ4n) is 6.67.